The Balaban J connectivity index is 1.78. The Morgan fingerprint density at radius 1 is 1.26 bits per heavy atom. The SMILES string of the molecule is COc1cc2c(cc1N)CCC(N1CCNCC1)C2. The number of piperazine rings is 1. The molecule has 2 aliphatic rings. The molecule has 1 atom stereocenters. The van der Waals surface area contributed by atoms with E-state index < -0.39 is 0 Å². The molecule has 4 heteroatoms. The van der Waals surface area contributed by atoms with E-state index in [0.717, 1.165) is 37.4 Å². The molecule has 0 amide bonds. The number of ether oxygens (including phenoxy) is 1. The molecular formula is C15H23N3O. The number of rotatable bonds is 2. The topological polar surface area (TPSA) is 50.5 Å². The molecule has 3 rings (SSSR count). The van der Waals surface area contributed by atoms with Gasteiger partial charge in [0.05, 0.1) is 12.8 Å². The largest absolute Gasteiger partial charge is 0.495 e. The zero-order valence-corrected chi connectivity index (χ0v) is 11.6. The molecule has 0 spiro atoms. The molecule has 1 aromatic carbocycles. The summed E-state index contributed by atoms with van der Waals surface area (Å²) in [5.74, 6) is 0.819. The van der Waals surface area contributed by atoms with Crippen molar-refractivity contribution in [3.8, 4) is 5.75 Å². The maximum absolute atomic E-state index is 5.99. The molecule has 1 aromatic rings. The molecule has 1 fully saturated rings. The zero-order chi connectivity index (χ0) is 13.2. The monoisotopic (exact) mass is 261 g/mol. The molecule has 1 aliphatic carbocycles. The Morgan fingerprint density at radius 3 is 2.79 bits per heavy atom. The molecule has 4 nitrogen and oxygen atoms in total. The lowest BCUT2D eigenvalue weighted by Gasteiger charge is -2.37. The number of anilines is 1. The van der Waals surface area contributed by atoms with Gasteiger partial charge in [0.2, 0.25) is 0 Å². The van der Waals surface area contributed by atoms with Crippen LogP contribution in [0.5, 0.6) is 5.75 Å². The summed E-state index contributed by atoms with van der Waals surface area (Å²) in [5, 5.41) is 3.42. The molecule has 104 valence electrons. The number of hydrogen-bond donors (Lipinski definition) is 2. The second-order valence-electron chi connectivity index (χ2n) is 5.55. The first-order valence-corrected chi connectivity index (χ1v) is 7.18. The molecule has 19 heavy (non-hydrogen) atoms. The highest BCUT2D eigenvalue weighted by Gasteiger charge is 2.26. The van der Waals surface area contributed by atoms with Crippen LogP contribution in [0.25, 0.3) is 0 Å². The number of nitrogens with zero attached hydrogens (tertiary/aromatic N) is 1. The van der Waals surface area contributed by atoms with E-state index in [1.54, 1.807) is 7.11 Å². The lowest BCUT2D eigenvalue weighted by molar-refractivity contribution is 0.159. The Kier molecular flexibility index (Phi) is 3.62. The first kappa shape index (κ1) is 12.8. The van der Waals surface area contributed by atoms with Crippen LogP contribution in [-0.2, 0) is 12.8 Å². The van der Waals surface area contributed by atoms with Gasteiger partial charge in [0.1, 0.15) is 5.75 Å². The van der Waals surface area contributed by atoms with E-state index >= 15 is 0 Å². The van der Waals surface area contributed by atoms with Crippen LogP contribution in [0.4, 0.5) is 5.69 Å². The summed E-state index contributed by atoms with van der Waals surface area (Å²) in [6.45, 7) is 4.58. The number of benzene rings is 1. The predicted molar refractivity (Wildman–Crippen MR) is 77.7 cm³/mol. The van der Waals surface area contributed by atoms with E-state index in [4.69, 9.17) is 10.5 Å². The maximum atomic E-state index is 5.99. The quantitative estimate of drug-likeness (QED) is 0.781. The van der Waals surface area contributed by atoms with E-state index in [0.29, 0.717) is 6.04 Å². The van der Waals surface area contributed by atoms with Crippen LogP contribution in [0.15, 0.2) is 12.1 Å². The summed E-state index contributed by atoms with van der Waals surface area (Å²) < 4.78 is 5.34. The highest BCUT2D eigenvalue weighted by molar-refractivity contribution is 5.57. The number of fused-ring (bicyclic) bond motifs is 1. The third kappa shape index (κ3) is 2.55. The Bertz CT molecular complexity index is 455. The number of nitrogen functional groups attached to an aromatic ring is 1. The van der Waals surface area contributed by atoms with Gasteiger partial charge in [0, 0.05) is 32.2 Å². The fourth-order valence-corrected chi connectivity index (χ4v) is 3.32. The van der Waals surface area contributed by atoms with Crippen LogP contribution in [-0.4, -0.2) is 44.2 Å². The normalized spacial score (nSPS) is 23.9. The zero-order valence-electron chi connectivity index (χ0n) is 11.6. The Morgan fingerprint density at radius 2 is 2.05 bits per heavy atom. The smallest absolute Gasteiger partial charge is 0.142 e. The van der Waals surface area contributed by atoms with Gasteiger partial charge < -0.3 is 15.8 Å². The minimum Gasteiger partial charge on any atom is -0.495 e. The highest BCUT2D eigenvalue weighted by Crippen LogP contribution is 2.32. The average molecular weight is 261 g/mol. The molecule has 0 radical (unpaired) electrons. The first-order chi connectivity index (χ1) is 9.28. The van der Waals surface area contributed by atoms with Gasteiger partial charge in [-0.05, 0) is 42.5 Å². The van der Waals surface area contributed by atoms with E-state index in [9.17, 15) is 0 Å². The predicted octanol–water partition coefficient (Wildman–Crippen LogP) is 1.04. The number of nitrogens with one attached hydrogen (secondary N) is 1. The van der Waals surface area contributed by atoms with E-state index in [-0.39, 0.29) is 0 Å². The molecule has 1 saturated heterocycles. The van der Waals surface area contributed by atoms with Crippen molar-refractivity contribution in [1.82, 2.24) is 10.2 Å². The molecule has 1 aliphatic heterocycles. The molecule has 0 bridgehead atoms. The lowest BCUT2D eigenvalue weighted by Crippen LogP contribution is -2.50. The third-order valence-electron chi connectivity index (χ3n) is 4.42. The van der Waals surface area contributed by atoms with Gasteiger partial charge in [0.25, 0.3) is 0 Å². The van der Waals surface area contributed by atoms with Crippen molar-refractivity contribution >= 4 is 5.69 Å². The molecule has 3 N–H and O–H groups in total. The van der Waals surface area contributed by atoms with Crippen LogP contribution in [0.2, 0.25) is 0 Å². The number of hydrogen-bond acceptors (Lipinski definition) is 4. The fraction of sp³-hybridized carbons (Fsp3) is 0.600. The number of methoxy groups -OCH3 is 1. The standard InChI is InChI=1S/C15H23N3O/c1-19-15-10-12-8-13(18-6-4-17-5-7-18)3-2-11(12)9-14(15)16/h9-10,13,17H,2-8,16H2,1H3. The Labute approximate surface area is 114 Å². The van der Waals surface area contributed by atoms with Crippen LogP contribution >= 0.6 is 0 Å². The maximum Gasteiger partial charge on any atom is 0.142 e. The van der Waals surface area contributed by atoms with E-state index in [1.165, 1.54) is 30.6 Å². The summed E-state index contributed by atoms with van der Waals surface area (Å²) in [7, 11) is 1.69. The molecule has 1 unspecified atom stereocenters. The lowest BCUT2D eigenvalue weighted by atomic mass is 9.86. The Hall–Kier alpha value is -1.26. The summed E-state index contributed by atoms with van der Waals surface area (Å²) in [4.78, 5) is 2.63. The summed E-state index contributed by atoms with van der Waals surface area (Å²) in [5.41, 5.74) is 9.58. The van der Waals surface area contributed by atoms with E-state index in [2.05, 4.69) is 22.3 Å². The highest BCUT2D eigenvalue weighted by atomic mass is 16.5. The van der Waals surface area contributed by atoms with Crippen LogP contribution in [0.1, 0.15) is 17.5 Å². The second-order valence-corrected chi connectivity index (χ2v) is 5.55. The summed E-state index contributed by atoms with van der Waals surface area (Å²) >= 11 is 0. The average Bonchev–Trinajstić information content (AvgIpc) is 2.47. The van der Waals surface area contributed by atoms with Crippen LogP contribution in [0.3, 0.4) is 0 Å². The molecular weight excluding hydrogens is 238 g/mol. The van der Waals surface area contributed by atoms with E-state index in [1.807, 2.05) is 0 Å². The van der Waals surface area contributed by atoms with Crippen molar-refractivity contribution in [1.29, 1.82) is 0 Å². The van der Waals surface area contributed by atoms with Crippen molar-refractivity contribution in [2.24, 2.45) is 0 Å². The first-order valence-electron chi connectivity index (χ1n) is 7.18. The minimum absolute atomic E-state index is 0.683. The molecule has 0 saturated carbocycles. The van der Waals surface area contributed by atoms with Gasteiger partial charge in [-0.3, -0.25) is 4.90 Å². The third-order valence-corrected chi connectivity index (χ3v) is 4.42. The van der Waals surface area contributed by atoms with Crippen LogP contribution < -0.4 is 15.8 Å². The van der Waals surface area contributed by atoms with Gasteiger partial charge in [-0.2, -0.15) is 0 Å². The van der Waals surface area contributed by atoms with Gasteiger partial charge in [-0.25, -0.2) is 0 Å². The summed E-state index contributed by atoms with van der Waals surface area (Å²) in [6.07, 6.45) is 3.52. The van der Waals surface area contributed by atoms with Crippen molar-refractivity contribution in [2.45, 2.75) is 25.3 Å². The van der Waals surface area contributed by atoms with Gasteiger partial charge in [-0.15, -0.1) is 0 Å². The van der Waals surface area contributed by atoms with Crippen molar-refractivity contribution in [3.05, 3.63) is 23.3 Å². The summed E-state index contributed by atoms with van der Waals surface area (Å²) in [6, 6.07) is 4.92. The number of nitrogens with two attached hydrogens (primary N) is 1. The van der Waals surface area contributed by atoms with Crippen LogP contribution in [0, 0.1) is 0 Å². The van der Waals surface area contributed by atoms with Gasteiger partial charge in [-0.1, -0.05) is 0 Å². The minimum atomic E-state index is 0.683. The van der Waals surface area contributed by atoms with Crippen molar-refractivity contribution in [3.63, 3.8) is 0 Å². The van der Waals surface area contributed by atoms with Crippen molar-refractivity contribution in [2.75, 3.05) is 39.0 Å². The number of aryl methyl sites for hydroxylation is 1. The molecule has 1 heterocycles. The fourth-order valence-electron chi connectivity index (χ4n) is 3.32. The molecule has 0 aromatic heterocycles. The van der Waals surface area contributed by atoms with Gasteiger partial charge in [0.15, 0.2) is 0 Å². The van der Waals surface area contributed by atoms with Crippen molar-refractivity contribution < 1.29 is 4.74 Å². The van der Waals surface area contributed by atoms with Gasteiger partial charge >= 0.3 is 0 Å². The second kappa shape index (κ2) is 5.39.